The summed E-state index contributed by atoms with van der Waals surface area (Å²) in [5, 5.41) is 6.36. The maximum Gasteiger partial charge on any atom is 0.223 e. The second-order valence-corrected chi connectivity index (χ2v) is 4.24. The Morgan fingerprint density at radius 2 is 2.20 bits per heavy atom. The molecule has 2 aliphatic rings. The van der Waals surface area contributed by atoms with Gasteiger partial charge in [-0.1, -0.05) is 0 Å². The number of nitrogens with zero attached hydrogens (tertiary/aromatic N) is 1. The quantitative estimate of drug-likeness (QED) is 0.663. The van der Waals surface area contributed by atoms with Crippen LogP contribution in [0.3, 0.4) is 0 Å². The van der Waals surface area contributed by atoms with Crippen LogP contribution in [-0.4, -0.2) is 49.9 Å². The molecule has 0 radical (unpaired) electrons. The van der Waals surface area contributed by atoms with Crippen LogP contribution in [0.25, 0.3) is 0 Å². The van der Waals surface area contributed by atoms with Crippen LogP contribution in [0.4, 0.5) is 0 Å². The van der Waals surface area contributed by atoms with Crippen LogP contribution in [0.1, 0.15) is 19.3 Å². The largest absolute Gasteiger partial charge is 0.383 e. The number of hydrogen-bond acceptors (Lipinski definition) is 4. The summed E-state index contributed by atoms with van der Waals surface area (Å²) >= 11 is 0. The Hall–Kier alpha value is -0.650. The highest BCUT2D eigenvalue weighted by molar-refractivity contribution is 5.77. The summed E-state index contributed by atoms with van der Waals surface area (Å²) in [5.74, 6) is 0.118. The van der Waals surface area contributed by atoms with Crippen molar-refractivity contribution in [1.82, 2.24) is 15.5 Å². The van der Waals surface area contributed by atoms with Crippen molar-refractivity contribution in [2.24, 2.45) is 0 Å². The smallest absolute Gasteiger partial charge is 0.223 e. The summed E-state index contributed by atoms with van der Waals surface area (Å²) in [7, 11) is 1.67. The fraction of sp³-hybridized carbons (Fsp3) is 0.900. The molecule has 0 saturated carbocycles. The normalized spacial score (nSPS) is 33.0. The Balaban J connectivity index is 1.90. The van der Waals surface area contributed by atoms with E-state index in [1.165, 1.54) is 12.8 Å². The molecule has 0 aromatic heterocycles. The maximum atomic E-state index is 11.5. The number of carbonyl (C=O) groups excluding carboxylic acids is 1. The second-order valence-electron chi connectivity index (χ2n) is 4.24. The van der Waals surface area contributed by atoms with Crippen LogP contribution < -0.4 is 10.6 Å². The topological polar surface area (TPSA) is 53.6 Å². The van der Waals surface area contributed by atoms with Crippen LogP contribution in [0.2, 0.25) is 0 Å². The van der Waals surface area contributed by atoms with Gasteiger partial charge in [0.25, 0.3) is 0 Å². The molecule has 1 amide bonds. The molecule has 0 aliphatic carbocycles. The molecule has 2 aliphatic heterocycles. The molecule has 5 nitrogen and oxygen atoms in total. The molecule has 0 bridgehead atoms. The third-order valence-electron chi connectivity index (χ3n) is 3.00. The maximum absolute atomic E-state index is 11.5. The molecule has 0 spiro atoms. The third kappa shape index (κ3) is 2.68. The van der Waals surface area contributed by atoms with Gasteiger partial charge in [-0.3, -0.25) is 15.0 Å². The molecule has 2 unspecified atom stereocenters. The van der Waals surface area contributed by atoms with Crippen LogP contribution in [-0.2, 0) is 9.53 Å². The SMILES string of the molecule is COCC1CC(=O)NC(N2CCCC2)N1. The predicted molar refractivity (Wildman–Crippen MR) is 56.2 cm³/mol. The van der Waals surface area contributed by atoms with Crippen molar-refractivity contribution < 1.29 is 9.53 Å². The highest BCUT2D eigenvalue weighted by atomic mass is 16.5. The van der Waals surface area contributed by atoms with Crippen molar-refractivity contribution >= 4 is 5.91 Å². The molecule has 2 atom stereocenters. The van der Waals surface area contributed by atoms with Gasteiger partial charge >= 0.3 is 0 Å². The van der Waals surface area contributed by atoms with E-state index in [-0.39, 0.29) is 18.2 Å². The fourth-order valence-electron chi connectivity index (χ4n) is 2.26. The zero-order chi connectivity index (χ0) is 10.7. The lowest BCUT2D eigenvalue weighted by molar-refractivity contribution is -0.127. The summed E-state index contributed by atoms with van der Waals surface area (Å²) in [6.07, 6.45) is 2.97. The van der Waals surface area contributed by atoms with Gasteiger partial charge in [0.05, 0.1) is 6.61 Å². The standard InChI is InChI=1S/C10H19N3O2/c1-15-7-8-6-9(14)12-10(11-8)13-4-2-3-5-13/h8,10-11H,2-7H2,1H3,(H,12,14). The molecule has 86 valence electrons. The van der Waals surface area contributed by atoms with E-state index in [1.807, 2.05) is 0 Å². The van der Waals surface area contributed by atoms with Crippen molar-refractivity contribution in [3.8, 4) is 0 Å². The summed E-state index contributed by atoms with van der Waals surface area (Å²) in [6, 6.07) is 0.148. The average Bonchev–Trinajstić information content (AvgIpc) is 2.70. The van der Waals surface area contributed by atoms with Gasteiger partial charge in [0.2, 0.25) is 5.91 Å². The van der Waals surface area contributed by atoms with Crippen molar-refractivity contribution in [3.63, 3.8) is 0 Å². The highest BCUT2D eigenvalue weighted by Gasteiger charge is 2.30. The number of ether oxygens (including phenoxy) is 1. The summed E-state index contributed by atoms with van der Waals surface area (Å²) in [5.41, 5.74) is 0. The molecule has 2 heterocycles. The first-order valence-electron chi connectivity index (χ1n) is 5.58. The Morgan fingerprint density at radius 3 is 2.87 bits per heavy atom. The van der Waals surface area contributed by atoms with Crippen LogP contribution in [0, 0.1) is 0 Å². The second kappa shape index (κ2) is 4.92. The number of methoxy groups -OCH3 is 1. The number of rotatable bonds is 3. The number of amides is 1. The van der Waals surface area contributed by atoms with Gasteiger partial charge in [0.1, 0.15) is 6.29 Å². The van der Waals surface area contributed by atoms with Crippen LogP contribution >= 0.6 is 0 Å². The molecule has 2 fully saturated rings. The Kier molecular flexibility index (Phi) is 3.56. The first-order chi connectivity index (χ1) is 7.29. The van der Waals surface area contributed by atoms with Crippen LogP contribution in [0.5, 0.6) is 0 Å². The van der Waals surface area contributed by atoms with Crippen LogP contribution in [0.15, 0.2) is 0 Å². The molecular weight excluding hydrogens is 194 g/mol. The Bertz CT molecular complexity index is 229. The minimum atomic E-state index is 0.00824. The zero-order valence-electron chi connectivity index (χ0n) is 9.16. The average molecular weight is 213 g/mol. The van der Waals surface area contributed by atoms with E-state index >= 15 is 0 Å². The van der Waals surface area contributed by atoms with E-state index in [0.29, 0.717) is 13.0 Å². The van der Waals surface area contributed by atoms with E-state index in [9.17, 15) is 4.79 Å². The van der Waals surface area contributed by atoms with E-state index in [0.717, 1.165) is 13.1 Å². The van der Waals surface area contributed by atoms with Crippen molar-refractivity contribution in [1.29, 1.82) is 0 Å². The Morgan fingerprint density at radius 1 is 1.47 bits per heavy atom. The molecule has 0 aromatic rings. The van der Waals surface area contributed by atoms with Gasteiger partial charge in [-0.2, -0.15) is 0 Å². The number of carbonyl (C=O) groups is 1. The highest BCUT2D eigenvalue weighted by Crippen LogP contribution is 2.12. The van der Waals surface area contributed by atoms with Gasteiger partial charge in [0.15, 0.2) is 0 Å². The van der Waals surface area contributed by atoms with Crippen molar-refractivity contribution in [2.75, 3.05) is 26.8 Å². The van der Waals surface area contributed by atoms with Gasteiger partial charge < -0.3 is 10.1 Å². The minimum absolute atomic E-state index is 0.00824. The monoisotopic (exact) mass is 213 g/mol. The van der Waals surface area contributed by atoms with Crippen molar-refractivity contribution in [3.05, 3.63) is 0 Å². The number of hydrogen-bond donors (Lipinski definition) is 2. The molecule has 2 saturated heterocycles. The molecule has 0 aromatic carbocycles. The number of nitrogens with one attached hydrogen (secondary N) is 2. The lowest BCUT2D eigenvalue weighted by Gasteiger charge is -2.36. The van der Waals surface area contributed by atoms with E-state index in [2.05, 4.69) is 15.5 Å². The summed E-state index contributed by atoms with van der Waals surface area (Å²) in [6.45, 7) is 2.73. The molecular formula is C10H19N3O2. The lowest BCUT2D eigenvalue weighted by Crippen LogP contribution is -2.64. The van der Waals surface area contributed by atoms with Gasteiger partial charge in [0, 0.05) is 32.7 Å². The molecule has 2 N–H and O–H groups in total. The van der Waals surface area contributed by atoms with Gasteiger partial charge in [-0.15, -0.1) is 0 Å². The van der Waals surface area contributed by atoms with E-state index in [1.54, 1.807) is 7.11 Å². The van der Waals surface area contributed by atoms with Gasteiger partial charge in [-0.25, -0.2) is 0 Å². The predicted octanol–water partition coefficient (Wildman–Crippen LogP) is -0.510. The zero-order valence-corrected chi connectivity index (χ0v) is 9.16. The molecule has 2 rings (SSSR count). The third-order valence-corrected chi connectivity index (χ3v) is 3.00. The fourth-order valence-corrected chi connectivity index (χ4v) is 2.26. The lowest BCUT2D eigenvalue weighted by atomic mass is 10.1. The molecule has 15 heavy (non-hydrogen) atoms. The number of likely N-dealkylation sites (tertiary alicyclic amines) is 1. The first kappa shape index (κ1) is 10.9. The summed E-state index contributed by atoms with van der Waals surface area (Å²) < 4.78 is 5.08. The van der Waals surface area contributed by atoms with E-state index < -0.39 is 0 Å². The first-order valence-corrected chi connectivity index (χ1v) is 5.58. The van der Waals surface area contributed by atoms with E-state index in [4.69, 9.17) is 4.74 Å². The summed E-state index contributed by atoms with van der Waals surface area (Å²) in [4.78, 5) is 13.8. The molecule has 5 heteroatoms. The Labute approximate surface area is 90.1 Å². The minimum Gasteiger partial charge on any atom is -0.383 e. The van der Waals surface area contributed by atoms with Gasteiger partial charge in [-0.05, 0) is 12.8 Å². The van der Waals surface area contributed by atoms with Crippen molar-refractivity contribution in [2.45, 2.75) is 31.6 Å².